The summed E-state index contributed by atoms with van der Waals surface area (Å²) in [6, 6.07) is 21.9. The monoisotopic (exact) mass is 534 g/mol. The van der Waals surface area contributed by atoms with Crippen LogP contribution in [0.2, 0.25) is 0 Å². The minimum atomic E-state index is -0.0824. The fourth-order valence-electron chi connectivity index (χ4n) is 3.87. The molecule has 1 amide bonds. The maximum atomic E-state index is 13.8. The van der Waals surface area contributed by atoms with Crippen molar-refractivity contribution in [3.63, 3.8) is 0 Å². The van der Waals surface area contributed by atoms with Gasteiger partial charge >= 0.3 is 0 Å². The van der Waals surface area contributed by atoms with E-state index in [0.29, 0.717) is 16.7 Å². The van der Waals surface area contributed by atoms with Gasteiger partial charge in [-0.1, -0.05) is 66.2 Å². The number of nitrogens with zero attached hydrogens (tertiary/aromatic N) is 2. The van der Waals surface area contributed by atoms with E-state index in [9.17, 15) is 4.79 Å². The summed E-state index contributed by atoms with van der Waals surface area (Å²) < 4.78 is 6.74. The molecule has 1 aliphatic rings. The van der Waals surface area contributed by atoms with Crippen LogP contribution in [0.15, 0.2) is 81.1 Å². The van der Waals surface area contributed by atoms with Gasteiger partial charge in [-0.15, -0.1) is 0 Å². The Morgan fingerprint density at radius 2 is 1.68 bits per heavy atom. The normalized spacial score (nSPS) is 16.0. The smallest absolute Gasteiger partial charge is 0.271 e. The number of ether oxygens (including phenoxy) is 1. The van der Waals surface area contributed by atoms with Gasteiger partial charge in [0, 0.05) is 10.0 Å². The minimum Gasteiger partial charge on any atom is -0.493 e. The van der Waals surface area contributed by atoms with Crippen molar-refractivity contribution in [1.82, 2.24) is 0 Å². The second-order valence-electron chi connectivity index (χ2n) is 7.73. The van der Waals surface area contributed by atoms with Crippen molar-refractivity contribution in [2.24, 2.45) is 4.99 Å². The van der Waals surface area contributed by atoms with Gasteiger partial charge in [0.1, 0.15) is 5.75 Å². The first-order chi connectivity index (χ1) is 16.5. The first-order valence-electron chi connectivity index (χ1n) is 11.5. The number of amidine groups is 1. The van der Waals surface area contributed by atoms with Crippen LogP contribution < -0.4 is 9.64 Å². The third-order valence-corrected chi connectivity index (χ3v) is 7.03. The summed E-state index contributed by atoms with van der Waals surface area (Å²) in [7, 11) is 0. The van der Waals surface area contributed by atoms with Crippen molar-refractivity contribution in [3.8, 4) is 5.75 Å². The topological polar surface area (TPSA) is 41.9 Å². The maximum absolute atomic E-state index is 13.8. The minimum absolute atomic E-state index is 0.0824. The fourth-order valence-corrected chi connectivity index (χ4v) is 5.23. The molecule has 0 unspecified atom stereocenters. The molecule has 0 N–H and O–H groups in total. The van der Waals surface area contributed by atoms with E-state index in [1.165, 1.54) is 11.8 Å². The van der Waals surface area contributed by atoms with Crippen LogP contribution in [0.3, 0.4) is 0 Å². The summed E-state index contributed by atoms with van der Waals surface area (Å²) in [6.45, 7) is 6.72. The molecule has 0 aliphatic carbocycles. The number of aliphatic imine (C=N–C) groups is 1. The molecule has 0 bridgehead atoms. The lowest BCUT2D eigenvalue weighted by atomic mass is 10.1. The molecule has 4 rings (SSSR count). The van der Waals surface area contributed by atoms with Crippen molar-refractivity contribution in [2.75, 3.05) is 11.5 Å². The number of benzene rings is 3. The summed E-state index contributed by atoms with van der Waals surface area (Å²) in [5.41, 5.74) is 4.86. The Morgan fingerprint density at radius 3 is 2.41 bits per heavy atom. The number of aryl methyl sites for hydroxylation is 2. The molecule has 0 radical (unpaired) electrons. The molecule has 1 aliphatic heterocycles. The number of amides is 1. The number of carbonyl (C=O) groups excluding carboxylic acids is 1. The molecule has 0 atom stereocenters. The quantitative estimate of drug-likeness (QED) is 0.290. The predicted octanol–water partition coefficient (Wildman–Crippen LogP) is 7.78. The van der Waals surface area contributed by atoms with Crippen molar-refractivity contribution in [3.05, 3.63) is 92.8 Å². The van der Waals surface area contributed by atoms with Gasteiger partial charge in [0.25, 0.3) is 5.91 Å². The van der Waals surface area contributed by atoms with Crippen LogP contribution in [-0.4, -0.2) is 17.7 Å². The van der Waals surface area contributed by atoms with E-state index in [2.05, 4.69) is 41.9 Å². The van der Waals surface area contributed by atoms with Crippen LogP contribution in [0.1, 0.15) is 37.5 Å². The van der Waals surface area contributed by atoms with Gasteiger partial charge in [0.15, 0.2) is 5.17 Å². The van der Waals surface area contributed by atoms with Gasteiger partial charge in [-0.3, -0.25) is 9.69 Å². The number of rotatable bonds is 7. The Kier molecular flexibility index (Phi) is 7.91. The molecule has 34 heavy (non-hydrogen) atoms. The lowest BCUT2D eigenvalue weighted by molar-refractivity contribution is -0.113. The number of para-hydroxylation sites is 2. The molecule has 3 aromatic rings. The number of thioether (sulfide) groups is 1. The molecule has 0 spiro atoms. The third kappa shape index (κ3) is 5.13. The second-order valence-corrected chi connectivity index (χ2v) is 9.65. The van der Waals surface area contributed by atoms with Gasteiger partial charge in [-0.2, -0.15) is 0 Å². The molecular weight excluding hydrogens is 508 g/mol. The highest BCUT2D eigenvalue weighted by atomic mass is 79.9. The molecule has 0 aromatic heterocycles. The number of hydrogen-bond donors (Lipinski definition) is 0. The lowest BCUT2D eigenvalue weighted by Crippen LogP contribution is -2.29. The van der Waals surface area contributed by atoms with Gasteiger partial charge in [-0.25, -0.2) is 4.99 Å². The van der Waals surface area contributed by atoms with Gasteiger partial charge in [-0.05, 0) is 79.1 Å². The van der Waals surface area contributed by atoms with E-state index < -0.39 is 0 Å². The average Bonchev–Trinajstić information content (AvgIpc) is 3.15. The molecule has 1 saturated heterocycles. The van der Waals surface area contributed by atoms with Crippen LogP contribution >= 0.6 is 27.7 Å². The standard InChI is InChI=1S/C28H27BrN2O2S/c1-4-19-11-7-9-13-23(19)30-28-31(24-14-10-8-12-20(24)5-2)27(32)26(34-28)18-21-17-22(29)15-16-25(21)33-6-3/h7-18H,4-6H2,1-3H3/b26-18+,30-28?. The van der Waals surface area contributed by atoms with Gasteiger partial charge in [0.2, 0.25) is 0 Å². The molecular formula is C28H27BrN2O2S. The van der Waals surface area contributed by atoms with Crippen molar-refractivity contribution in [1.29, 1.82) is 0 Å². The van der Waals surface area contributed by atoms with Crippen molar-refractivity contribution < 1.29 is 9.53 Å². The summed E-state index contributed by atoms with van der Waals surface area (Å²) in [4.78, 5) is 21.1. The zero-order chi connectivity index (χ0) is 24.1. The van der Waals surface area contributed by atoms with Crippen LogP contribution in [0.4, 0.5) is 11.4 Å². The van der Waals surface area contributed by atoms with E-state index >= 15 is 0 Å². The van der Waals surface area contributed by atoms with Crippen LogP contribution in [0.5, 0.6) is 5.75 Å². The number of halogens is 1. The second kappa shape index (κ2) is 11.1. The van der Waals surface area contributed by atoms with Crippen LogP contribution in [-0.2, 0) is 17.6 Å². The molecule has 0 saturated carbocycles. The summed E-state index contributed by atoms with van der Waals surface area (Å²) >= 11 is 4.94. The number of carbonyl (C=O) groups is 1. The van der Waals surface area contributed by atoms with Crippen molar-refractivity contribution in [2.45, 2.75) is 33.6 Å². The molecule has 1 heterocycles. The highest BCUT2D eigenvalue weighted by molar-refractivity contribution is 9.10. The Hall–Kier alpha value is -2.83. The van der Waals surface area contributed by atoms with E-state index in [1.807, 2.05) is 67.6 Å². The Balaban J connectivity index is 1.85. The van der Waals surface area contributed by atoms with E-state index in [4.69, 9.17) is 9.73 Å². The Labute approximate surface area is 213 Å². The summed E-state index contributed by atoms with van der Waals surface area (Å²) in [5, 5.41) is 0.658. The molecule has 6 heteroatoms. The summed E-state index contributed by atoms with van der Waals surface area (Å²) in [5.74, 6) is 0.662. The zero-order valence-electron chi connectivity index (χ0n) is 19.5. The summed E-state index contributed by atoms with van der Waals surface area (Å²) in [6.07, 6.45) is 3.59. The number of anilines is 1. The Bertz CT molecular complexity index is 1270. The highest BCUT2D eigenvalue weighted by Gasteiger charge is 2.36. The molecule has 174 valence electrons. The molecule has 4 nitrogen and oxygen atoms in total. The Morgan fingerprint density at radius 1 is 0.971 bits per heavy atom. The largest absolute Gasteiger partial charge is 0.493 e. The zero-order valence-corrected chi connectivity index (χ0v) is 21.9. The fraction of sp³-hybridized carbons (Fsp3) is 0.214. The predicted molar refractivity (Wildman–Crippen MR) is 147 cm³/mol. The van der Waals surface area contributed by atoms with Crippen LogP contribution in [0.25, 0.3) is 6.08 Å². The van der Waals surface area contributed by atoms with Crippen LogP contribution in [0, 0.1) is 0 Å². The van der Waals surface area contributed by atoms with Crippen molar-refractivity contribution >= 4 is 56.2 Å². The van der Waals surface area contributed by atoms with E-state index in [-0.39, 0.29) is 5.91 Å². The SMILES string of the molecule is CCOc1ccc(Br)cc1/C=C1/SC(=Nc2ccccc2CC)N(c2ccccc2CC)C1=O. The molecule has 1 fully saturated rings. The highest BCUT2D eigenvalue weighted by Crippen LogP contribution is 2.40. The first-order valence-corrected chi connectivity index (χ1v) is 13.1. The lowest BCUT2D eigenvalue weighted by Gasteiger charge is -2.19. The maximum Gasteiger partial charge on any atom is 0.271 e. The number of hydrogen-bond acceptors (Lipinski definition) is 4. The average molecular weight is 536 g/mol. The third-order valence-electron chi connectivity index (χ3n) is 5.57. The van der Waals surface area contributed by atoms with E-state index in [1.54, 1.807) is 4.90 Å². The van der Waals surface area contributed by atoms with Gasteiger partial charge < -0.3 is 4.74 Å². The molecule has 3 aromatic carbocycles. The van der Waals surface area contributed by atoms with Gasteiger partial charge in [0.05, 0.1) is 22.9 Å². The van der Waals surface area contributed by atoms with E-state index in [0.717, 1.165) is 51.1 Å². The first kappa shape index (κ1) is 24.3.